The van der Waals surface area contributed by atoms with E-state index in [2.05, 4.69) is 10.4 Å². The number of nitrogens with two attached hydrogens (primary N) is 1. The predicted octanol–water partition coefficient (Wildman–Crippen LogP) is 0.676. The van der Waals surface area contributed by atoms with Crippen molar-refractivity contribution in [3.63, 3.8) is 0 Å². The van der Waals surface area contributed by atoms with Crippen molar-refractivity contribution in [1.82, 2.24) is 9.78 Å². The Morgan fingerprint density at radius 2 is 2.40 bits per heavy atom. The van der Waals surface area contributed by atoms with Crippen LogP contribution >= 0.6 is 11.6 Å². The van der Waals surface area contributed by atoms with Gasteiger partial charge in [-0.1, -0.05) is 11.6 Å². The molecule has 5 nitrogen and oxygen atoms in total. The van der Waals surface area contributed by atoms with Crippen LogP contribution in [0.1, 0.15) is 13.8 Å². The number of halogens is 1. The van der Waals surface area contributed by atoms with Gasteiger partial charge in [0, 0.05) is 19.1 Å². The molecule has 1 unspecified atom stereocenters. The molecule has 0 spiro atoms. The van der Waals surface area contributed by atoms with Crippen molar-refractivity contribution >= 4 is 17.3 Å². The molecule has 1 heterocycles. The summed E-state index contributed by atoms with van der Waals surface area (Å²) in [5.41, 5.74) is 5.82. The second kappa shape index (κ2) is 5.14. The third-order valence-corrected chi connectivity index (χ3v) is 2.26. The second-order valence-electron chi connectivity index (χ2n) is 3.35. The molecule has 6 heteroatoms. The molecular weight excluding hydrogens is 216 g/mol. The van der Waals surface area contributed by atoms with Crippen LogP contribution in [0.3, 0.4) is 0 Å². The van der Waals surface area contributed by atoms with Crippen molar-refractivity contribution in [3.05, 3.63) is 21.6 Å². The summed E-state index contributed by atoms with van der Waals surface area (Å²) in [5, 5.41) is 7.08. The molecule has 0 bridgehead atoms. The molecule has 0 aliphatic rings. The third kappa shape index (κ3) is 2.94. The van der Waals surface area contributed by atoms with E-state index in [0.717, 1.165) is 0 Å². The first-order valence-corrected chi connectivity index (χ1v) is 5.19. The van der Waals surface area contributed by atoms with Gasteiger partial charge in [-0.2, -0.15) is 5.10 Å². The number of aryl methyl sites for hydroxylation is 1. The molecule has 0 radical (unpaired) electrons. The lowest BCUT2D eigenvalue weighted by Crippen LogP contribution is -2.28. The van der Waals surface area contributed by atoms with Crippen molar-refractivity contribution in [2.24, 2.45) is 5.73 Å². The topological polar surface area (TPSA) is 72.9 Å². The highest BCUT2D eigenvalue weighted by molar-refractivity contribution is 6.32. The zero-order valence-electron chi connectivity index (χ0n) is 8.83. The smallest absolute Gasteiger partial charge is 0.287 e. The maximum Gasteiger partial charge on any atom is 0.287 e. The number of rotatable bonds is 4. The summed E-state index contributed by atoms with van der Waals surface area (Å²) in [6, 6.07) is -0.00493. The van der Waals surface area contributed by atoms with Gasteiger partial charge < -0.3 is 11.1 Å². The molecule has 0 saturated carbocycles. The predicted molar refractivity (Wildman–Crippen MR) is 61.3 cm³/mol. The fourth-order valence-corrected chi connectivity index (χ4v) is 1.30. The molecule has 0 amide bonds. The highest BCUT2D eigenvalue weighted by Gasteiger charge is 2.07. The number of anilines is 1. The number of hydrogen-bond acceptors (Lipinski definition) is 4. The van der Waals surface area contributed by atoms with Gasteiger partial charge in [0.2, 0.25) is 0 Å². The van der Waals surface area contributed by atoms with Gasteiger partial charge in [-0.15, -0.1) is 0 Å². The summed E-state index contributed by atoms with van der Waals surface area (Å²) < 4.78 is 1.30. The van der Waals surface area contributed by atoms with Gasteiger partial charge in [0.1, 0.15) is 5.02 Å². The average Bonchev–Trinajstić information content (AvgIpc) is 2.20. The molecule has 3 N–H and O–H groups in total. The number of nitrogens with zero attached hydrogens (tertiary/aromatic N) is 2. The lowest BCUT2D eigenvalue weighted by atomic mass is 10.3. The summed E-state index contributed by atoms with van der Waals surface area (Å²) in [6.07, 6.45) is 1.54. The normalized spacial score (nSPS) is 12.5. The number of nitrogens with one attached hydrogen (secondary N) is 1. The largest absolute Gasteiger partial charge is 0.381 e. The Labute approximate surface area is 93.2 Å². The van der Waals surface area contributed by atoms with E-state index in [1.165, 1.54) is 10.9 Å². The molecular formula is C9H15ClN4O. The Morgan fingerprint density at radius 1 is 1.73 bits per heavy atom. The maximum absolute atomic E-state index is 11.6. The van der Waals surface area contributed by atoms with E-state index in [1.807, 2.05) is 13.8 Å². The van der Waals surface area contributed by atoms with E-state index in [-0.39, 0.29) is 16.6 Å². The maximum atomic E-state index is 11.6. The zero-order chi connectivity index (χ0) is 11.4. The Bertz CT molecular complexity index is 388. The summed E-state index contributed by atoms with van der Waals surface area (Å²) in [4.78, 5) is 11.6. The fraction of sp³-hybridized carbons (Fsp3) is 0.556. The van der Waals surface area contributed by atoms with Gasteiger partial charge in [-0.05, 0) is 13.8 Å². The molecule has 0 saturated heterocycles. The number of hydrogen-bond donors (Lipinski definition) is 2. The Hall–Kier alpha value is -1.07. The summed E-state index contributed by atoms with van der Waals surface area (Å²) in [7, 11) is 0. The molecule has 0 aliphatic heterocycles. The van der Waals surface area contributed by atoms with Gasteiger partial charge in [0.25, 0.3) is 5.56 Å². The minimum atomic E-state index is -0.283. The van der Waals surface area contributed by atoms with Crippen LogP contribution in [0.4, 0.5) is 5.69 Å². The third-order valence-electron chi connectivity index (χ3n) is 1.90. The van der Waals surface area contributed by atoms with Crippen LogP contribution in [-0.2, 0) is 6.54 Å². The Balaban J connectivity index is 2.92. The molecule has 0 aliphatic carbocycles. The molecule has 15 heavy (non-hydrogen) atoms. The van der Waals surface area contributed by atoms with Gasteiger partial charge in [0.05, 0.1) is 11.9 Å². The minimum Gasteiger partial charge on any atom is -0.381 e. The van der Waals surface area contributed by atoms with Crippen molar-refractivity contribution in [2.45, 2.75) is 26.4 Å². The van der Waals surface area contributed by atoms with E-state index in [4.69, 9.17) is 17.3 Å². The highest BCUT2D eigenvalue weighted by atomic mass is 35.5. The van der Waals surface area contributed by atoms with Gasteiger partial charge in [0.15, 0.2) is 0 Å². The lowest BCUT2D eigenvalue weighted by molar-refractivity contribution is 0.616. The van der Waals surface area contributed by atoms with Crippen LogP contribution in [0.2, 0.25) is 5.02 Å². The first-order chi connectivity index (χ1) is 7.06. The van der Waals surface area contributed by atoms with Crippen LogP contribution in [0.5, 0.6) is 0 Å². The standard InChI is InChI=1S/C9H15ClN4O/c1-3-14-9(15)8(10)7(5-13-14)12-4-6(2)11/h5-6,12H,3-4,11H2,1-2H3. The molecule has 0 fully saturated rings. The van der Waals surface area contributed by atoms with Crippen molar-refractivity contribution in [2.75, 3.05) is 11.9 Å². The summed E-state index contributed by atoms with van der Waals surface area (Å²) >= 11 is 5.88. The van der Waals surface area contributed by atoms with Gasteiger partial charge in [-0.3, -0.25) is 4.79 Å². The molecule has 1 aromatic heterocycles. The highest BCUT2D eigenvalue weighted by Crippen LogP contribution is 2.14. The zero-order valence-corrected chi connectivity index (χ0v) is 9.58. The van der Waals surface area contributed by atoms with Crippen LogP contribution in [0, 0.1) is 0 Å². The van der Waals surface area contributed by atoms with Crippen LogP contribution < -0.4 is 16.6 Å². The van der Waals surface area contributed by atoms with E-state index in [0.29, 0.717) is 18.8 Å². The first kappa shape index (κ1) is 12.0. The molecule has 84 valence electrons. The molecule has 1 rings (SSSR count). The Morgan fingerprint density at radius 3 is 2.93 bits per heavy atom. The SMILES string of the molecule is CCn1ncc(NCC(C)N)c(Cl)c1=O. The van der Waals surface area contributed by atoms with Gasteiger partial charge >= 0.3 is 0 Å². The van der Waals surface area contributed by atoms with Gasteiger partial charge in [-0.25, -0.2) is 4.68 Å². The van der Waals surface area contributed by atoms with Crippen molar-refractivity contribution < 1.29 is 0 Å². The monoisotopic (exact) mass is 230 g/mol. The van der Waals surface area contributed by atoms with Crippen LogP contribution in [0.25, 0.3) is 0 Å². The average molecular weight is 231 g/mol. The molecule has 1 atom stereocenters. The minimum absolute atomic E-state index is 0.00493. The molecule has 0 aromatic carbocycles. The molecule has 1 aromatic rings. The second-order valence-corrected chi connectivity index (χ2v) is 3.73. The van der Waals surface area contributed by atoms with Crippen molar-refractivity contribution in [1.29, 1.82) is 0 Å². The number of aromatic nitrogens is 2. The fourth-order valence-electron chi connectivity index (χ4n) is 1.08. The van der Waals surface area contributed by atoms with Crippen molar-refractivity contribution in [3.8, 4) is 0 Å². The quantitative estimate of drug-likeness (QED) is 0.798. The van der Waals surface area contributed by atoms with E-state index in [1.54, 1.807) is 0 Å². The summed E-state index contributed by atoms with van der Waals surface area (Å²) in [6.45, 7) is 4.75. The van der Waals surface area contributed by atoms with E-state index in [9.17, 15) is 4.79 Å². The van der Waals surface area contributed by atoms with E-state index >= 15 is 0 Å². The van der Waals surface area contributed by atoms with Crippen LogP contribution in [-0.4, -0.2) is 22.4 Å². The summed E-state index contributed by atoms with van der Waals surface area (Å²) in [5.74, 6) is 0. The first-order valence-electron chi connectivity index (χ1n) is 4.81. The Kier molecular flexibility index (Phi) is 4.11. The van der Waals surface area contributed by atoms with E-state index < -0.39 is 0 Å². The van der Waals surface area contributed by atoms with Crippen LogP contribution in [0.15, 0.2) is 11.0 Å². The lowest BCUT2D eigenvalue weighted by Gasteiger charge is -2.10.